The number of aromatic nitrogens is 1. The fourth-order valence-corrected chi connectivity index (χ4v) is 4.85. The highest BCUT2D eigenvalue weighted by atomic mass is 19.4. The molecule has 3 atom stereocenters. The number of carbonyl (C=O) groups is 2. The molecule has 1 aromatic heterocycles. The average Bonchev–Trinajstić information content (AvgIpc) is 3.37. The van der Waals surface area contributed by atoms with Crippen LogP contribution in [-0.4, -0.2) is 59.5 Å². The van der Waals surface area contributed by atoms with Gasteiger partial charge >= 0.3 is 18.1 Å². The Morgan fingerprint density at radius 2 is 1.66 bits per heavy atom. The van der Waals surface area contributed by atoms with Gasteiger partial charge in [-0.05, 0) is 67.5 Å². The molecular weight excluding hydrogens is 467 g/mol. The van der Waals surface area contributed by atoms with Gasteiger partial charge in [0.2, 0.25) is 0 Å². The van der Waals surface area contributed by atoms with E-state index in [-0.39, 0.29) is 5.56 Å². The molecule has 0 radical (unpaired) electrons. The van der Waals surface area contributed by atoms with Crippen molar-refractivity contribution in [1.82, 2.24) is 10.3 Å². The highest BCUT2D eigenvalue weighted by molar-refractivity contribution is 5.88. The quantitative estimate of drug-likeness (QED) is 0.502. The Bertz CT molecular complexity index is 1120. The van der Waals surface area contributed by atoms with Crippen LogP contribution in [-0.2, 0) is 11.2 Å². The van der Waals surface area contributed by atoms with Gasteiger partial charge in [-0.3, -0.25) is 4.79 Å². The molecule has 1 aliphatic heterocycles. The average molecular weight is 495 g/mol. The molecule has 4 rings (SSSR count). The minimum absolute atomic E-state index is 0.208. The number of anilines is 1. The Labute approximate surface area is 199 Å². The largest absolute Gasteiger partial charge is 0.490 e. The van der Waals surface area contributed by atoms with Crippen molar-refractivity contribution in [3.05, 3.63) is 51.8 Å². The maximum atomic E-state index is 12.1. The summed E-state index contributed by atoms with van der Waals surface area (Å²) < 4.78 is 31.7. The van der Waals surface area contributed by atoms with Gasteiger partial charge in [-0.1, -0.05) is 19.1 Å². The second-order valence-corrected chi connectivity index (χ2v) is 8.80. The first kappa shape index (κ1) is 26.3. The SMILES string of the molecule is CCc1cc(C(=O)O)c(=O)[nH]c1-c1ccc(N2C[C@H]3C[C@H](NC)C[C@H]3C2)cc1.O=C(O)C(F)(F)F. The molecule has 2 heterocycles. The number of fused-ring (bicyclic) bond motifs is 1. The van der Waals surface area contributed by atoms with Crippen LogP contribution in [0.2, 0.25) is 0 Å². The number of benzene rings is 1. The van der Waals surface area contributed by atoms with Crippen LogP contribution in [0, 0.1) is 11.8 Å². The molecule has 0 unspecified atom stereocenters. The van der Waals surface area contributed by atoms with Crippen molar-refractivity contribution in [2.45, 2.75) is 38.4 Å². The summed E-state index contributed by atoms with van der Waals surface area (Å²) in [5, 5.41) is 19.7. The van der Waals surface area contributed by atoms with Gasteiger partial charge < -0.3 is 25.4 Å². The molecule has 1 saturated carbocycles. The van der Waals surface area contributed by atoms with Crippen LogP contribution in [0.3, 0.4) is 0 Å². The van der Waals surface area contributed by atoms with Crippen LogP contribution in [0.1, 0.15) is 35.7 Å². The van der Waals surface area contributed by atoms with E-state index < -0.39 is 23.7 Å². The van der Waals surface area contributed by atoms with Crippen LogP contribution in [0.25, 0.3) is 11.3 Å². The molecule has 2 aromatic rings. The van der Waals surface area contributed by atoms with Crippen molar-refractivity contribution >= 4 is 17.6 Å². The molecule has 1 saturated heterocycles. The lowest BCUT2D eigenvalue weighted by atomic mass is 10.0. The van der Waals surface area contributed by atoms with Gasteiger partial charge in [0, 0.05) is 24.8 Å². The molecule has 0 bridgehead atoms. The molecule has 0 spiro atoms. The Hall–Kier alpha value is -3.34. The first-order valence-corrected chi connectivity index (χ1v) is 11.3. The van der Waals surface area contributed by atoms with Crippen LogP contribution in [0.4, 0.5) is 18.9 Å². The lowest BCUT2D eigenvalue weighted by Crippen LogP contribution is -2.27. The molecule has 0 amide bonds. The number of carboxylic acids is 2. The third kappa shape index (κ3) is 6.02. The predicted octanol–water partition coefficient (Wildman–Crippen LogP) is 3.37. The maximum absolute atomic E-state index is 12.1. The third-order valence-corrected chi connectivity index (χ3v) is 6.66. The summed E-state index contributed by atoms with van der Waals surface area (Å²) in [5.41, 5.74) is 2.89. The second-order valence-electron chi connectivity index (χ2n) is 8.80. The predicted molar refractivity (Wildman–Crippen MR) is 124 cm³/mol. The Kier molecular flexibility index (Phi) is 7.89. The normalized spacial score (nSPS) is 21.3. The third-order valence-electron chi connectivity index (χ3n) is 6.66. The number of halogens is 3. The molecule has 2 aliphatic rings. The summed E-state index contributed by atoms with van der Waals surface area (Å²) in [6.45, 7) is 4.16. The van der Waals surface area contributed by atoms with Crippen molar-refractivity contribution in [2.75, 3.05) is 25.0 Å². The maximum Gasteiger partial charge on any atom is 0.490 e. The van der Waals surface area contributed by atoms with Crippen LogP contribution in [0.15, 0.2) is 35.1 Å². The van der Waals surface area contributed by atoms with Gasteiger partial charge in [0.05, 0.1) is 5.69 Å². The topological polar surface area (TPSA) is 123 Å². The molecule has 35 heavy (non-hydrogen) atoms. The van der Waals surface area contributed by atoms with Crippen LogP contribution in [0.5, 0.6) is 0 Å². The van der Waals surface area contributed by atoms with Gasteiger partial charge in [-0.15, -0.1) is 0 Å². The first-order chi connectivity index (χ1) is 16.4. The number of alkyl halides is 3. The van der Waals surface area contributed by atoms with Crippen LogP contribution >= 0.6 is 0 Å². The van der Waals surface area contributed by atoms with E-state index in [1.165, 1.54) is 24.6 Å². The van der Waals surface area contributed by atoms with Gasteiger partial charge in [0.1, 0.15) is 5.56 Å². The molecule has 4 N–H and O–H groups in total. The number of rotatable bonds is 5. The number of nitrogens with one attached hydrogen (secondary N) is 2. The highest BCUT2D eigenvalue weighted by Crippen LogP contribution is 2.40. The van der Waals surface area contributed by atoms with E-state index in [0.717, 1.165) is 36.1 Å². The highest BCUT2D eigenvalue weighted by Gasteiger charge is 2.40. The molecule has 190 valence electrons. The van der Waals surface area contributed by atoms with E-state index >= 15 is 0 Å². The number of aromatic carboxylic acids is 1. The summed E-state index contributed by atoms with van der Waals surface area (Å²) in [7, 11) is 2.06. The van der Waals surface area contributed by atoms with Gasteiger partial charge in [0.15, 0.2) is 0 Å². The first-order valence-electron chi connectivity index (χ1n) is 11.3. The molecule has 1 aromatic carbocycles. The summed E-state index contributed by atoms with van der Waals surface area (Å²) in [6.07, 6.45) is -1.92. The number of H-pyrrole nitrogens is 1. The Balaban J connectivity index is 0.000000429. The Morgan fingerprint density at radius 3 is 2.09 bits per heavy atom. The van der Waals surface area contributed by atoms with E-state index in [1.807, 2.05) is 19.1 Å². The Morgan fingerprint density at radius 1 is 1.11 bits per heavy atom. The molecule has 2 fully saturated rings. The minimum atomic E-state index is -5.08. The minimum Gasteiger partial charge on any atom is -0.477 e. The van der Waals surface area contributed by atoms with Gasteiger partial charge in [-0.2, -0.15) is 13.2 Å². The van der Waals surface area contributed by atoms with E-state index in [1.54, 1.807) is 0 Å². The summed E-state index contributed by atoms with van der Waals surface area (Å²) in [5.74, 6) is -2.42. The number of pyridine rings is 1. The number of hydrogen-bond acceptors (Lipinski definition) is 5. The van der Waals surface area contributed by atoms with E-state index in [0.29, 0.717) is 18.2 Å². The number of carboxylic acid groups (broad SMARTS) is 2. The van der Waals surface area contributed by atoms with Crippen molar-refractivity contribution in [2.24, 2.45) is 11.8 Å². The zero-order valence-electron chi connectivity index (χ0n) is 19.4. The number of nitrogens with zero attached hydrogens (tertiary/aromatic N) is 1. The molecule has 11 heteroatoms. The summed E-state index contributed by atoms with van der Waals surface area (Å²) in [4.78, 5) is 37.5. The zero-order valence-corrected chi connectivity index (χ0v) is 19.4. The number of aliphatic carboxylic acids is 1. The van der Waals surface area contributed by atoms with Gasteiger partial charge in [-0.25, -0.2) is 9.59 Å². The fraction of sp³-hybridized carbons (Fsp3) is 0.458. The smallest absolute Gasteiger partial charge is 0.477 e. The van der Waals surface area contributed by atoms with E-state index in [9.17, 15) is 27.9 Å². The standard InChI is InChI=1S/C22H27N3O3.C2HF3O2/c1-3-13-10-19(22(27)28)21(26)24-20(13)14-4-6-18(7-5-14)25-11-15-8-17(23-2)9-16(15)12-25;3-2(4,5)1(6)7/h4-7,10,15-17,23H,3,8-9,11-12H2,1-2H3,(H,24,26)(H,27,28);(H,6,7)/t15-,16+,17+;. The monoisotopic (exact) mass is 495 g/mol. The van der Waals surface area contributed by atoms with E-state index in [2.05, 4.69) is 34.4 Å². The van der Waals surface area contributed by atoms with Crippen molar-refractivity contribution < 1.29 is 33.0 Å². The lowest BCUT2D eigenvalue weighted by Gasteiger charge is -2.21. The lowest BCUT2D eigenvalue weighted by molar-refractivity contribution is -0.192. The molecule has 1 aliphatic carbocycles. The number of aryl methyl sites for hydroxylation is 1. The van der Waals surface area contributed by atoms with Gasteiger partial charge in [0.25, 0.3) is 5.56 Å². The number of aromatic amines is 1. The second kappa shape index (κ2) is 10.5. The molecular formula is C24H28F3N3O5. The number of hydrogen-bond donors (Lipinski definition) is 4. The van der Waals surface area contributed by atoms with Crippen molar-refractivity contribution in [3.8, 4) is 11.3 Å². The fourth-order valence-electron chi connectivity index (χ4n) is 4.85. The van der Waals surface area contributed by atoms with Crippen molar-refractivity contribution in [3.63, 3.8) is 0 Å². The molecule has 8 nitrogen and oxygen atoms in total. The van der Waals surface area contributed by atoms with Crippen molar-refractivity contribution in [1.29, 1.82) is 0 Å². The van der Waals surface area contributed by atoms with E-state index in [4.69, 9.17) is 9.90 Å². The summed E-state index contributed by atoms with van der Waals surface area (Å²) >= 11 is 0. The zero-order chi connectivity index (χ0) is 25.9. The summed E-state index contributed by atoms with van der Waals surface area (Å²) in [6, 6.07) is 10.4. The van der Waals surface area contributed by atoms with Crippen LogP contribution < -0.4 is 15.8 Å².